The summed E-state index contributed by atoms with van der Waals surface area (Å²) in [4.78, 5) is 43.7. The van der Waals surface area contributed by atoms with Crippen LogP contribution in [-0.4, -0.2) is 45.5 Å². The van der Waals surface area contributed by atoms with Gasteiger partial charge in [-0.2, -0.15) is 0 Å². The van der Waals surface area contributed by atoms with Gasteiger partial charge in [-0.05, 0) is 74.1 Å². The van der Waals surface area contributed by atoms with Crippen molar-refractivity contribution in [1.29, 1.82) is 0 Å². The number of fused-ring (bicyclic) bond motifs is 3. The van der Waals surface area contributed by atoms with Crippen LogP contribution in [0.2, 0.25) is 0 Å². The van der Waals surface area contributed by atoms with Gasteiger partial charge in [0.1, 0.15) is 17.5 Å². The van der Waals surface area contributed by atoms with E-state index in [9.17, 15) is 14.4 Å². The number of hydroxylamine groups is 1. The maximum atomic E-state index is 13.6. The Balaban J connectivity index is 1.31. The molecular formula is C32H40N4O5S. The van der Waals surface area contributed by atoms with Gasteiger partial charge in [0.25, 0.3) is 0 Å². The number of carbonyl (C=O) groups excluding carboxylic acids is 3. The summed E-state index contributed by atoms with van der Waals surface area (Å²) in [6.45, 7) is 0.590. The Morgan fingerprint density at radius 2 is 1.69 bits per heavy atom. The molecule has 1 fully saturated rings. The Kier molecular flexibility index (Phi) is 10.6. The first-order valence-corrected chi connectivity index (χ1v) is 15.9. The van der Waals surface area contributed by atoms with Crippen molar-refractivity contribution in [3.05, 3.63) is 71.4 Å². The molecule has 10 heteroatoms. The first-order chi connectivity index (χ1) is 20.5. The van der Waals surface area contributed by atoms with Crippen molar-refractivity contribution in [3.8, 4) is 0 Å². The highest BCUT2D eigenvalue weighted by Crippen LogP contribution is 2.41. The van der Waals surface area contributed by atoms with E-state index in [-0.39, 0.29) is 35.7 Å². The molecule has 1 aromatic heterocycles. The van der Waals surface area contributed by atoms with Crippen LogP contribution < -0.4 is 10.2 Å². The Labute approximate surface area is 250 Å². The number of carbonyl (C=O) groups is 3. The third kappa shape index (κ3) is 7.35. The summed E-state index contributed by atoms with van der Waals surface area (Å²) in [5.41, 5.74) is 5.71. The number of benzene rings is 2. The van der Waals surface area contributed by atoms with Crippen molar-refractivity contribution < 1.29 is 24.3 Å². The van der Waals surface area contributed by atoms with Gasteiger partial charge in [0, 0.05) is 30.3 Å². The molecule has 1 unspecified atom stereocenters. The van der Waals surface area contributed by atoms with Crippen molar-refractivity contribution in [3.63, 3.8) is 0 Å². The first kappa shape index (κ1) is 30.1. The van der Waals surface area contributed by atoms with Crippen molar-refractivity contribution >= 4 is 40.6 Å². The molecule has 5 rings (SSSR count). The molecular weight excluding hydrogens is 552 g/mol. The second kappa shape index (κ2) is 14.7. The van der Waals surface area contributed by atoms with E-state index in [1.165, 1.54) is 17.5 Å². The van der Waals surface area contributed by atoms with Crippen LogP contribution in [0.1, 0.15) is 92.4 Å². The average molecular weight is 593 g/mol. The fourth-order valence-corrected chi connectivity index (χ4v) is 7.13. The van der Waals surface area contributed by atoms with Crippen molar-refractivity contribution in [2.45, 2.75) is 88.1 Å². The number of para-hydroxylation sites is 1. The van der Waals surface area contributed by atoms with Crippen molar-refractivity contribution in [1.82, 2.24) is 20.1 Å². The van der Waals surface area contributed by atoms with Gasteiger partial charge in [0.2, 0.25) is 11.8 Å². The summed E-state index contributed by atoms with van der Waals surface area (Å²) >= 11 is 1.39. The van der Waals surface area contributed by atoms with Gasteiger partial charge >= 0.3 is 5.97 Å². The monoisotopic (exact) mass is 592 g/mol. The summed E-state index contributed by atoms with van der Waals surface area (Å²) < 4.78 is 9.34. The van der Waals surface area contributed by atoms with Crippen LogP contribution in [0.3, 0.4) is 0 Å². The Morgan fingerprint density at radius 1 is 0.976 bits per heavy atom. The fraction of sp³-hybridized carbons (Fsp3) is 0.469. The largest absolute Gasteiger partial charge is 0.461 e. The fourth-order valence-electron chi connectivity index (χ4n) is 5.97. The highest BCUT2D eigenvalue weighted by Gasteiger charge is 2.36. The molecule has 4 N–H and O–H groups in total. The average Bonchev–Trinajstić information content (AvgIpc) is 3.67. The van der Waals surface area contributed by atoms with Crippen LogP contribution in [0.4, 0.5) is 0 Å². The van der Waals surface area contributed by atoms with Gasteiger partial charge in [-0.1, -0.05) is 61.4 Å². The number of aromatic nitrogens is 1. The van der Waals surface area contributed by atoms with E-state index in [0.717, 1.165) is 73.5 Å². The van der Waals surface area contributed by atoms with Crippen molar-refractivity contribution in [2.75, 3.05) is 6.54 Å². The topological polar surface area (TPSA) is 124 Å². The maximum Gasteiger partial charge on any atom is 0.328 e. The van der Waals surface area contributed by atoms with E-state index in [1.807, 2.05) is 47.4 Å². The highest BCUT2D eigenvalue weighted by atomic mass is 32.2. The molecule has 3 aromatic rings. The van der Waals surface area contributed by atoms with E-state index in [4.69, 9.17) is 9.94 Å². The first-order valence-electron chi connectivity index (χ1n) is 15.0. The molecule has 2 amide bonds. The zero-order chi connectivity index (χ0) is 29.3. The van der Waals surface area contributed by atoms with E-state index in [2.05, 4.69) is 21.8 Å². The van der Waals surface area contributed by atoms with Crippen LogP contribution in [0.15, 0.2) is 54.6 Å². The lowest BCUT2D eigenvalue weighted by Crippen LogP contribution is -2.40. The molecule has 9 nitrogen and oxygen atoms in total. The Bertz CT molecular complexity index is 1360. The summed E-state index contributed by atoms with van der Waals surface area (Å²) in [6, 6.07) is 17.1. The smallest absolute Gasteiger partial charge is 0.328 e. The highest BCUT2D eigenvalue weighted by molar-refractivity contribution is 7.97. The van der Waals surface area contributed by atoms with E-state index >= 15 is 0 Å². The van der Waals surface area contributed by atoms with Gasteiger partial charge < -0.3 is 14.6 Å². The van der Waals surface area contributed by atoms with Crippen LogP contribution in [-0.2, 0) is 25.5 Å². The lowest BCUT2D eigenvalue weighted by atomic mass is 10.0. The predicted octanol–water partition coefficient (Wildman–Crippen LogP) is 5.86. The zero-order valence-corrected chi connectivity index (χ0v) is 24.7. The van der Waals surface area contributed by atoms with Gasteiger partial charge in [0.05, 0.1) is 5.69 Å². The molecule has 2 heterocycles. The van der Waals surface area contributed by atoms with E-state index in [1.54, 1.807) is 5.48 Å². The second-order valence-electron chi connectivity index (χ2n) is 11.1. The molecule has 0 spiro atoms. The van der Waals surface area contributed by atoms with Crippen LogP contribution >= 0.6 is 11.9 Å². The molecule has 224 valence electrons. The van der Waals surface area contributed by atoms with Gasteiger partial charge in [0.15, 0.2) is 0 Å². The SMILES string of the molecule is O=C(CCCCCCC(=O)N1CCc2c([nH]c3ccccc23)C1SN[C@H](C(=O)OC1CCCC1)c1ccccc1)NO. The minimum Gasteiger partial charge on any atom is -0.461 e. The number of nitrogens with one attached hydrogen (secondary N) is 3. The van der Waals surface area contributed by atoms with Crippen LogP contribution in [0.25, 0.3) is 10.9 Å². The lowest BCUT2D eigenvalue weighted by molar-refractivity contribution is -0.151. The Hall–Kier alpha value is -3.34. The number of aromatic amines is 1. The normalized spacial score (nSPS) is 17.6. The molecule has 2 aliphatic rings. The number of ether oxygens (including phenoxy) is 1. The number of hydrogen-bond acceptors (Lipinski definition) is 7. The number of nitrogens with zero attached hydrogens (tertiary/aromatic N) is 1. The number of amides is 2. The summed E-state index contributed by atoms with van der Waals surface area (Å²) in [5, 5.41) is 9.47. The molecule has 42 heavy (non-hydrogen) atoms. The molecule has 1 aliphatic carbocycles. The Morgan fingerprint density at radius 3 is 2.45 bits per heavy atom. The summed E-state index contributed by atoms with van der Waals surface area (Å²) in [6.07, 6.45) is 8.39. The molecule has 2 aromatic carbocycles. The second-order valence-corrected chi connectivity index (χ2v) is 12.0. The van der Waals surface area contributed by atoms with E-state index in [0.29, 0.717) is 19.4 Å². The number of esters is 1. The standard InChI is InChI=1S/C32H40N4O5S/c37-27(34-40)18-6-1-2-7-19-28(38)36-21-20-25-24-16-10-11-17-26(24)33-30(25)31(36)42-35-29(22-12-4-3-5-13-22)32(39)41-23-14-8-9-15-23/h3-5,10-13,16-17,23,29,31,33,35,40H,1-2,6-9,14-15,18-21H2,(H,34,37)/t29-,31?/m0/s1. The molecule has 0 radical (unpaired) electrons. The molecule has 1 aliphatic heterocycles. The molecule has 0 saturated heterocycles. The third-order valence-electron chi connectivity index (χ3n) is 8.22. The third-order valence-corrected chi connectivity index (χ3v) is 9.31. The number of unbranched alkanes of at least 4 members (excludes halogenated alkanes) is 3. The van der Waals surface area contributed by atoms with Gasteiger partial charge in [-0.15, -0.1) is 0 Å². The molecule has 0 bridgehead atoms. The summed E-state index contributed by atoms with van der Waals surface area (Å²) in [7, 11) is 0. The van der Waals surface area contributed by atoms with Gasteiger partial charge in [-0.3, -0.25) is 14.8 Å². The maximum absolute atomic E-state index is 13.6. The summed E-state index contributed by atoms with van der Waals surface area (Å²) in [5.74, 6) is -0.612. The van der Waals surface area contributed by atoms with Crippen LogP contribution in [0.5, 0.6) is 0 Å². The molecule has 1 saturated carbocycles. The predicted molar refractivity (Wildman–Crippen MR) is 162 cm³/mol. The number of rotatable bonds is 13. The van der Waals surface area contributed by atoms with E-state index < -0.39 is 6.04 Å². The number of hydrogen-bond donors (Lipinski definition) is 4. The lowest BCUT2D eigenvalue weighted by Gasteiger charge is -2.36. The molecule has 2 atom stereocenters. The quantitative estimate of drug-likeness (QED) is 0.0644. The zero-order valence-electron chi connectivity index (χ0n) is 23.8. The van der Waals surface area contributed by atoms with Crippen LogP contribution in [0, 0.1) is 0 Å². The van der Waals surface area contributed by atoms with Crippen molar-refractivity contribution in [2.24, 2.45) is 0 Å². The minimum atomic E-state index is -0.667. The minimum absolute atomic E-state index is 0.0402. The van der Waals surface area contributed by atoms with Gasteiger partial charge in [-0.25, -0.2) is 15.0 Å². The number of H-pyrrole nitrogens is 1.